The Balaban J connectivity index is 1.28. The number of hydrogen-bond acceptors (Lipinski definition) is 10. The summed E-state index contributed by atoms with van der Waals surface area (Å²) >= 11 is 0. The number of esters is 1. The number of ether oxygens (including phenoxy) is 1. The van der Waals surface area contributed by atoms with Crippen LogP contribution in [0.25, 0.3) is 0 Å². The van der Waals surface area contributed by atoms with Gasteiger partial charge in [0.1, 0.15) is 13.2 Å². The zero-order chi connectivity index (χ0) is 29.9. The first-order valence-corrected chi connectivity index (χ1v) is 14.4. The van der Waals surface area contributed by atoms with Crippen molar-refractivity contribution >= 4 is 23.4 Å². The number of nitrogens with zero attached hydrogens (tertiary/aromatic N) is 1. The maximum atomic E-state index is 13.3. The summed E-state index contributed by atoms with van der Waals surface area (Å²) in [4.78, 5) is 63.8. The van der Waals surface area contributed by atoms with Crippen molar-refractivity contribution < 1.29 is 44.1 Å². The van der Waals surface area contributed by atoms with Crippen molar-refractivity contribution in [1.82, 2.24) is 5.32 Å². The minimum atomic E-state index is -0.925. The number of allylic oxidation sites excluding steroid dienone is 4. The minimum Gasteiger partial charge on any atom is -0.456 e. The van der Waals surface area contributed by atoms with Crippen molar-refractivity contribution in [3.05, 3.63) is 33.9 Å². The number of Topliss-reactive ketones (excluding diaryl/α,β-unsaturated/α-hetero) is 1. The van der Waals surface area contributed by atoms with Crippen LogP contribution in [0.3, 0.4) is 0 Å². The summed E-state index contributed by atoms with van der Waals surface area (Å²) in [5, 5.41) is 34.2. The van der Waals surface area contributed by atoms with Crippen molar-refractivity contribution in [2.24, 2.45) is 34.5 Å². The van der Waals surface area contributed by atoms with Gasteiger partial charge in [0, 0.05) is 17.8 Å². The number of aliphatic hydroxyl groups is 2. The van der Waals surface area contributed by atoms with E-state index < -0.39 is 58.9 Å². The second-order valence-electron chi connectivity index (χ2n) is 12.4. The number of rotatable bonds is 12. The third-order valence-electron chi connectivity index (χ3n) is 9.92. The van der Waals surface area contributed by atoms with Gasteiger partial charge in [0.05, 0.1) is 24.7 Å². The third-order valence-corrected chi connectivity index (χ3v) is 9.92. The lowest BCUT2D eigenvalue weighted by molar-refractivity contribution is -0.757. The molecule has 12 nitrogen and oxygen atoms in total. The molecular weight excluding hydrogens is 536 g/mol. The van der Waals surface area contributed by atoms with Crippen LogP contribution in [0.4, 0.5) is 0 Å². The summed E-state index contributed by atoms with van der Waals surface area (Å²) < 4.78 is 5.14. The zero-order valence-electron chi connectivity index (χ0n) is 23.6. The molecule has 226 valence electrons. The van der Waals surface area contributed by atoms with Gasteiger partial charge in [-0.1, -0.05) is 31.9 Å². The molecule has 3 fully saturated rings. The molecule has 0 aliphatic heterocycles. The van der Waals surface area contributed by atoms with Gasteiger partial charge in [-0.15, -0.1) is 10.1 Å². The summed E-state index contributed by atoms with van der Waals surface area (Å²) in [5.41, 5.74) is -0.0916. The third kappa shape index (κ3) is 6.38. The number of ketones is 2. The highest BCUT2D eigenvalue weighted by Crippen LogP contribution is 2.66. The molecule has 0 aromatic heterocycles. The van der Waals surface area contributed by atoms with Gasteiger partial charge in [-0.05, 0) is 67.9 Å². The van der Waals surface area contributed by atoms with Crippen LogP contribution in [0.15, 0.2) is 23.8 Å². The molecule has 0 spiro atoms. The molecular formula is C29H40N2O10. The van der Waals surface area contributed by atoms with Crippen LogP contribution in [-0.4, -0.2) is 70.7 Å². The van der Waals surface area contributed by atoms with E-state index in [2.05, 4.69) is 17.1 Å². The number of amides is 1. The molecule has 1 amide bonds. The largest absolute Gasteiger partial charge is 0.456 e. The van der Waals surface area contributed by atoms with Crippen molar-refractivity contribution in [1.29, 1.82) is 0 Å². The number of aliphatic hydroxyl groups excluding tert-OH is 2. The van der Waals surface area contributed by atoms with Crippen molar-refractivity contribution in [3.63, 3.8) is 0 Å². The average molecular weight is 577 g/mol. The molecule has 4 rings (SSSR count). The van der Waals surface area contributed by atoms with Crippen LogP contribution in [0.1, 0.15) is 65.2 Å². The molecule has 0 heterocycles. The van der Waals surface area contributed by atoms with Crippen molar-refractivity contribution in [2.45, 2.75) is 77.4 Å². The second kappa shape index (κ2) is 12.4. The highest BCUT2D eigenvalue weighted by atomic mass is 16.9. The molecule has 0 aromatic carbocycles. The molecule has 0 saturated heterocycles. The molecule has 3 N–H and O–H groups in total. The van der Waals surface area contributed by atoms with E-state index in [4.69, 9.17) is 4.74 Å². The van der Waals surface area contributed by atoms with Gasteiger partial charge in [-0.3, -0.25) is 19.2 Å². The van der Waals surface area contributed by atoms with Crippen molar-refractivity contribution in [3.8, 4) is 0 Å². The Morgan fingerprint density at radius 1 is 1.17 bits per heavy atom. The molecule has 3 saturated carbocycles. The Morgan fingerprint density at radius 3 is 2.66 bits per heavy atom. The van der Waals surface area contributed by atoms with Gasteiger partial charge in [0.25, 0.3) is 5.09 Å². The highest BCUT2D eigenvalue weighted by molar-refractivity contribution is 6.01. The molecule has 8 atom stereocenters. The van der Waals surface area contributed by atoms with Crippen LogP contribution in [-0.2, 0) is 28.8 Å². The fraction of sp³-hybridized carbons (Fsp3) is 0.724. The average Bonchev–Trinajstić information content (AvgIpc) is 3.17. The van der Waals surface area contributed by atoms with E-state index >= 15 is 0 Å². The van der Waals surface area contributed by atoms with Crippen molar-refractivity contribution in [2.75, 3.05) is 19.8 Å². The number of hydrogen-bond donors (Lipinski definition) is 3. The topological polar surface area (TPSA) is 182 Å². The minimum absolute atomic E-state index is 0.00893. The van der Waals surface area contributed by atoms with Gasteiger partial charge in [-0.25, -0.2) is 0 Å². The Bertz CT molecular complexity index is 1130. The first-order chi connectivity index (χ1) is 19.4. The maximum absolute atomic E-state index is 13.3. The number of nitrogens with one attached hydrogen (secondary N) is 1. The van der Waals surface area contributed by atoms with E-state index in [1.807, 2.05) is 13.0 Å². The van der Waals surface area contributed by atoms with E-state index in [1.54, 1.807) is 12.2 Å². The summed E-state index contributed by atoms with van der Waals surface area (Å²) in [7, 11) is 0. The van der Waals surface area contributed by atoms with Gasteiger partial charge >= 0.3 is 5.97 Å². The van der Waals surface area contributed by atoms with Gasteiger partial charge in [-0.2, -0.15) is 0 Å². The first kappa shape index (κ1) is 30.8. The summed E-state index contributed by atoms with van der Waals surface area (Å²) in [6.07, 6.45) is 7.31. The van der Waals surface area contributed by atoms with E-state index in [0.717, 1.165) is 18.4 Å². The molecule has 4 aliphatic carbocycles. The van der Waals surface area contributed by atoms with E-state index in [9.17, 15) is 39.5 Å². The number of carbonyl (C=O) groups is 4. The fourth-order valence-corrected chi connectivity index (χ4v) is 8.18. The Hall–Kier alpha value is -3.12. The Kier molecular flexibility index (Phi) is 9.32. The molecule has 0 radical (unpaired) electrons. The van der Waals surface area contributed by atoms with E-state index in [1.165, 1.54) is 0 Å². The van der Waals surface area contributed by atoms with Gasteiger partial charge < -0.3 is 25.1 Å². The highest BCUT2D eigenvalue weighted by Gasteiger charge is 2.64. The molecule has 0 aromatic rings. The van der Waals surface area contributed by atoms with Gasteiger partial charge in [0.2, 0.25) is 5.91 Å². The molecule has 7 unspecified atom stereocenters. The lowest BCUT2D eigenvalue weighted by atomic mass is 9.46. The fourth-order valence-electron chi connectivity index (χ4n) is 8.18. The summed E-state index contributed by atoms with van der Waals surface area (Å²) in [5.74, 6) is -2.47. The number of fused-ring (bicyclic) bond motifs is 5. The predicted octanol–water partition coefficient (Wildman–Crippen LogP) is 1.85. The van der Waals surface area contributed by atoms with Gasteiger partial charge in [0.15, 0.2) is 11.6 Å². The van der Waals surface area contributed by atoms with E-state index in [-0.39, 0.29) is 42.5 Å². The van der Waals surface area contributed by atoms with Crippen LogP contribution in [0, 0.1) is 44.6 Å². The lowest BCUT2D eigenvalue weighted by Gasteiger charge is -2.58. The van der Waals surface area contributed by atoms with Crippen LogP contribution in [0.2, 0.25) is 0 Å². The first-order valence-electron chi connectivity index (χ1n) is 14.4. The van der Waals surface area contributed by atoms with Crippen LogP contribution >= 0.6 is 0 Å². The van der Waals surface area contributed by atoms with Crippen LogP contribution < -0.4 is 5.32 Å². The Morgan fingerprint density at radius 2 is 1.93 bits per heavy atom. The normalized spacial score (nSPS) is 35.4. The zero-order valence-corrected chi connectivity index (χ0v) is 23.6. The predicted molar refractivity (Wildman–Crippen MR) is 143 cm³/mol. The number of carbonyl (C=O) groups excluding carboxylic acids is 4. The quantitative estimate of drug-likeness (QED) is 0.134. The van der Waals surface area contributed by atoms with Crippen LogP contribution in [0.5, 0.6) is 0 Å². The standard InChI is InChI=1S/C29H40N2O10/c1-28-10-9-18(32)12-17(28)7-8-19-20-13-21(33)27(29(20,2)14-22(34)26(19)28)23(35)16-40-25(37)15-30-24(36)6-4-3-5-11-41-31(38)39/h9-10,12,19-22,26-27,33-34H,3-8,11,13-16H2,1-2H3,(H,30,36)/t19?,20?,21-,22?,26?,27?,28?,29?/m1/s1. The monoisotopic (exact) mass is 576 g/mol. The second-order valence-corrected chi connectivity index (χ2v) is 12.4. The number of unbranched alkanes of at least 4 members (excludes halogenated alkanes) is 2. The SMILES string of the molecule is CC12C=CC(=O)C=C1CCC1C2C(O)CC2(C)C1C[C@@H](O)C2C(=O)COC(=O)CNC(=O)CCCCCO[N+](=O)[O-]. The smallest absolute Gasteiger partial charge is 0.325 e. The molecule has 12 heteroatoms. The Labute approximate surface area is 238 Å². The van der Waals surface area contributed by atoms with E-state index in [0.29, 0.717) is 32.1 Å². The molecule has 41 heavy (non-hydrogen) atoms. The molecule has 0 bridgehead atoms. The maximum Gasteiger partial charge on any atom is 0.325 e. The molecule has 4 aliphatic rings. The lowest BCUT2D eigenvalue weighted by Crippen LogP contribution is -2.56. The summed E-state index contributed by atoms with van der Waals surface area (Å²) in [6, 6.07) is 0. The summed E-state index contributed by atoms with van der Waals surface area (Å²) in [6.45, 7) is 3.02.